The van der Waals surface area contributed by atoms with E-state index >= 15 is 0 Å². The molecule has 1 N–H and O–H groups in total. The minimum absolute atomic E-state index is 0.127. The summed E-state index contributed by atoms with van der Waals surface area (Å²) in [6.07, 6.45) is 3.49. The molecule has 2 heterocycles. The number of amidine groups is 1. The minimum Gasteiger partial charge on any atom is -0.463 e. The van der Waals surface area contributed by atoms with Gasteiger partial charge in [-0.25, -0.2) is 0 Å². The molecule has 0 saturated carbocycles. The van der Waals surface area contributed by atoms with Crippen LogP contribution in [0.1, 0.15) is 11.3 Å². The number of nitrogens with one attached hydrogen (secondary N) is 1. The van der Waals surface area contributed by atoms with E-state index in [2.05, 4.69) is 15.5 Å². The molecule has 0 bridgehead atoms. The van der Waals surface area contributed by atoms with E-state index in [0.29, 0.717) is 27.4 Å². The van der Waals surface area contributed by atoms with E-state index in [-0.39, 0.29) is 11.2 Å². The molecule has 0 aliphatic carbocycles. The first-order valence-corrected chi connectivity index (χ1v) is 8.31. The van der Waals surface area contributed by atoms with Crippen molar-refractivity contribution in [1.82, 2.24) is 5.32 Å². The second kappa shape index (κ2) is 7.21. The predicted octanol–water partition coefficient (Wildman–Crippen LogP) is 3.75. The first-order chi connectivity index (χ1) is 11.1. The second-order valence-electron chi connectivity index (χ2n) is 4.70. The van der Waals surface area contributed by atoms with Crippen molar-refractivity contribution in [2.24, 2.45) is 10.2 Å². The van der Waals surface area contributed by atoms with Crippen molar-refractivity contribution in [1.29, 1.82) is 0 Å². The third kappa shape index (κ3) is 4.16. The molecule has 1 aromatic carbocycles. The highest BCUT2D eigenvalue weighted by atomic mass is 35.5. The molecular weight excluding hydrogens is 357 g/mol. The number of carbonyl (C=O) groups excluding carboxylic acids is 1. The number of amides is 1. The fourth-order valence-corrected chi connectivity index (χ4v) is 3.33. The SMILES string of the molecule is O=C1NC(=N/N=C/c2ccco2)SC1Cc1cc(Cl)ccc1Cl. The van der Waals surface area contributed by atoms with Gasteiger partial charge in [-0.3, -0.25) is 4.79 Å². The Morgan fingerprint density at radius 1 is 1.35 bits per heavy atom. The van der Waals surface area contributed by atoms with Crippen molar-refractivity contribution in [3.8, 4) is 0 Å². The summed E-state index contributed by atoms with van der Waals surface area (Å²) in [5.74, 6) is 0.462. The van der Waals surface area contributed by atoms with Gasteiger partial charge >= 0.3 is 0 Å². The highest BCUT2D eigenvalue weighted by Crippen LogP contribution is 2.28. The average Bonchev–Trinajstić information content (AvgIpc) is 3.14. The van der Waals surface area contributed by atoms with Gasteiger partial charge in [0.15, 0.2) is 5.17 Å². The molecule has 1 fully saturated rings. The standard InChI is InChI=1S/C15H11Cl2N3O2S/c16-10-3-4-12(17)9(6-10)7-13-14(21)19-15(23-13)20-18-8-11-2-1-5-22-11/h1-6,8,13H,7H2,(H,19,20,21)/b18-8+. The largest absolute Gasteiger partial charge is 0.463 e. The van der Waals surface area contributed by atoms with Gasteiger partial charge in [0, 0.05) is 10.0 Å². The van der Waals surface area contributed by atoms with Crippen LogP contribution in [0.5, 0.6) is 0 Å². The number of rotatable bonds is 4. The lowest BCUT2D eigenvalue weighted by Crippen LogP contribution is -2.26. The van der Waals surface area contributed by atoms with Crippen molar-refractivity contribution >= 4 is 52.3 Å². The van der Waals surface area contributed by atoms with Crippen LogP contribution in [0.4, 0.5) is 0 Å². The summed E-state index contributed by atoms with van der Waals surface area (Å²) in [7, 11) is 0. The van der Waals surface area contributed by atoms with Crippen LogP contribution in [0.15, 0.2) is 51.2 Å². The first-order valence-electron chi connectivity index (χ1n) is 6.68. The van der Waals surface area contributed by atoms with Crippen LogP contribution in [0.25, 0.3) is 0 Å². The van der Waals surface area contributed by atoms with Crippen molar-refractivity contribution in [3.05, 3.63) is 58.0 Å². The number of hydrogen-bond donors (Lipinski definition) is 1. The Bertz CT molecular complexity index is 775. The van der Waals surface area contributed by atoms with E-state index in [0.717, 1.165) is 5.56 Å². The third-order valence-corrected chi connectivity index (χ3v) is 4.74. The minimum atomic E-state index is -0.316. The smallest absolute Gasteiger partial charge is 0.239 e. The monoisotopic (exact) mass is 367 g/mol. The van der Waals surface area contributed by atoms with Crippen LogP contribution >= 0.6 is 35.0 Å². The maximum Gasteiger partial charge on any atom is 0.239 e. The molecule has 1 aliphatic heterocycles. The van der Waals surface area contributed by atoms with E-state index in [9.17, 15) is 4.79 Å². The van der Waals surface area contributed by atoms with Crippen LogP contribution in [0.3, 0.4) is 0 Å². The van der Waals surface area contributed by atoms with Gasteiger partial charge in [-0.1, -0.05) is 35.0 Å². The van der Waals surface area contributed by atoms with Crippen molar-refractivity contribution in [2.45, 2.75) is 11.7 Å². The van der Waals surface area contributed by atoms with Crippen molar-refractivity contribution in [3.63, 3.8) is 0 Å². The summed E-state index contributed by atoms with van der Waals surface area (Å²) >= 11 is 13.4. The molecule has 118 valence electrons. The molecule has 23 heavy (non-hydrogen) atoms. The van der Waals surface area contributed by atoms with Crippen molar-refractivity contribution in [2.75, 3.05) is 0 Å². The lowest BCUT2D eigenvalue weighted by atomic mass is 10.1. The Morgan fingerprint density at radius 2 is 2.22 bits per heavy atom. The number of thioether (sulfide) groups is 1. The normalized spacial score (nSPS) is 19.7. The van der Waals surface area contributed by atoms with E-state index in [1.54, 1.807) is 36.6 Å². The second-order valence-corrected chi connectivity index (χ2v) is 6.74. The Balaban J connectivity index is 1.66. The van der Waals surface area contributed by atoms with E-state index in [1.807, 2.05) is 0 Å². The number of halogens is 2. The summed E-state index contributed by atoms with van der Waals surface area (Å²) in [6.45, 7) is 0. The molecule has 2 aromatic rings. The van der Waals surface area contributed by atoms with Gasteiger partial charge in [0.25, 0.3) is 0 Å². The van der Waals surface area contributed by atoms with Crippen LogP contribution in [-0.2, 0) is 11.2 Å². The Kier molecular flexibility index (Phi) is 5.05. The fourth-order valence-electron chi connectivity index (χ4n) is 1.99. The summed E-state index contributed by atoms with van der Waals surface area (Å²) in [5, 5.41) is 11.9. The predicted molar refractivity (Wildman–Crippen MR) is 93.4 cm³/mol. The highest BCUT2D eigenvalue weighted by Gasteiger charge is 2.31. The van der Waals surface area contributed by atoms with Crippen molar-refractivity contribution < 1.29 is 9.21 Å². The lowest BCUT2D eigenvalue weighted by Gasteiger charge is -2.07. The van der Waals surface area contributed by atoms with E-state index in [4.69, 9.17) is 27.6 Å². The molecule has 1 aromatic heterocycles. The summed E-state index contributed by atoms with van der Waals surface area (Å²) in [6, 6.07) is 8.71. The first kappa shape index (κ1) is 16.1. The number of hydrogen-bond acceptors (Lipinski definition) is 5. The zero-order valence-electron chi connectivity index (χ0n) is 11.7. The average molecular weight is 368 g/mol. The maximum absolute atomic E-state index is 12.0. The lowest BCUT2D eigenvalue weighted by molar-refractivity contribution is -0.118. The van der Waals surface area contributed by atoms with Gasteiger partial charge in [-0.2, -0.15) is 5.10 Å². The number of benzene rings is 1. The molecule has 1 aliphatic rings. The van der Waals surface area contributed by atoms with Gasteiger partial charge in [0.05, 0.1) is 17.7 Å². The zero-order valence-corrected chi connectivity index (χ0v) is 14.0. The number of nitrogens with zero attached hydrogens (tertiary/aromatic N) is 2. The van der Waals surface area contributed by atoms with Crippen LogP contribution in [0.2, 0.25) is 10.0 Å². The van der Waals surface area contributed by atoms with E-state index in [1.165, 1.54) is 18.0 Å². The van der Waals surface area contributed by atoms with E-state index < -0.39 is 0 Å². The Morgan fingerprint density at radius 3 is 3.00 bits per heavy atom. The summed E-state index contributed by atoms with van der Waals surface area (Å²) < 4.78 is 5.10. The van der Waals surface area contributed by atoms with Gasteiger partial charge in [-0.05, 0) is 42.3 Å². The molecule has 3 rings (SSSR count). The molecule has 5 nitrogen and oxygen atoms in total. The molecule has 1 atom stereocenters. The zero-order chi connectivity index (χ0) is 16.2. The molecule has 0 spiro atoms. The summed E-state index contributed by atoms with van der Waals surface area (Å²) in [4.78, 5) is 12.0. The quantitative estimate of drug-likeness (QED) is 0.660. The maximum atomic E-state index is 12.0. The van der Waals surface area contributed by atoms with Crippen LogP contribution in [0, 0.1) is 0 Å². The summed E-state index contributed by atoms with van der Waals surface area (Å²) in [5.41, 5.74) is 0.826. The Hall–Kier alpha value is -1.76. The topological polar surface area (TPSA) is 67.0 Å². The number of carbonyl (C=O) groups is 1. The number of furan rings is 1. The molecule has 1 saturated heterocycles. The molecular formula is C15H11Cl2N3O2S. The Labute approximate surface area is 146 Å². The highest BCUT2D eigenvalue weighted by molar-refractivity contribution is 8.15. The van der Waals surface area contributed by atoms with Gasteiger partial charge in [0.2, 0.25) is 5.91 Å². The van der Waals surface area contributed by atoms with Crippen LogP contribution in [-0.4, -0.2) is 22.5 Å². The third-order valence-electron chi connectivity index (χ3n) is 3.07. The molecule has 8 heteroatoms. The fraction of sp³-hybridized carbons (Fsp3) is 0.133. The van der Waals surface area contributed by atoms with Gasteiger partial charge in [-0.15, -0.1) is 5.10 Å². The van der Waals surface area contributed by atoms with Crippen LogP contribution < -0.4 is 5.32 Å². The van der Waals surface area contributed by atoms with Gasteiger partial charge in [0.1, 0.15) is 5.76 Å². The molecule has 1 amide bonds. The van der Waals surface area contributed by atoms with Gasteiger partial charge < -0.3 is 9.73 Å². The molecule has 0 radical (unpaired) electrons. The molecule has 1 unspecified atom stereocenters.